The van der Waals surface area contributed by atoms with Crippen LogP contribution in [0.5, 0.6) is 0 Å². The number of nitrogens with one attached hydrogen (secondary N) is 1. The Balaban J connectivity index is 2.85. The van der Waals surface area contributed by atoms with E-state index in [2.05, 4.69) is 21.2 Å². The maximum absolute atomic E-state index is 11.9. The predicted molar refractivity (Wildman–Crippen MR) is 67.0 cm³/mol. The molecular weight excluding hydrogens is 288 g/mol. The highest BCUT2D eigenvalue weighted by atomic mass is 79.9. The highest BCUT2D eigenvalue weighted by Crippen LogP contribution is 2.15. The normalized spacial score (nSPS) is 12.2. The van der Waals surface area contributed by atoms with Crippen LogP contribution in [0.1, 0.15) is 30.8 Å². The van der Waals surface area contributed by atoms with Crippen LogP contribution in [-0.2, 0) is 11.3 Å². The molecule has 0 saturated heterocycles. The van der Waals surface area contributed by atoms with Crippen molar-refractivity contribution >= 4 is 27.8 Å². The largest absolute Gasteiger partial charge is 0.480 e. The van der Waals surface area contributed by atoms with Crippen LogP contribution in [0.2, 0.25) is 0 Å². The Bertz CT molecular complexity index is 428. The second-order valence-corrected chi connectivity index (χ2v) is 4.52. The standard InChI is InChI=1S/C11H15BrN2O3/c1-3-8(11(16)17)13-10(15)9-5-7(12)6-14(9)4-2/h5-6,8H,3-4H2,1-2H3,(H,13,15)(H,16,17). The molecule has 94 valence electrons. The highest BCUT2D eigenvalue weighted by molar-refractivity contribution is 9.10. The van der Waals surface area contributed by atoms with Gasteiger partial charge in [-0.2, -0.15) is 0 Å². The maximum atomic E-state index is 11.9. The van der Waals surface area contributed by atoms with E-state index in [-0.39, 0.29) is 5.91 Å². The van der Waals surface area contributed by atoms with E-state index in [1.165, 1.54) is 0 Å². The fourth-order valence-corrected chi connectivity index (χ4v) is 1.96. The van der Waals surface area contributed by atoms with Crippen LogP contribution in [-0.4, -0.2) is 27.6 Å². The molecule has 2 N–H and O–H groups in total. The van der Waals surface area contributed by atoms with Crippen molar-refractivity contribution in [1.29, 1.82) is 0 Å². The number of halogens is 1. The fraction of sp³-hybridized carbons (Fsp3) is 0.455. The van der Waals surface area contributed by atoms with E-state index in [1.807, 2.05) is 6.92 Å². The Morgan fingerprint density at radius 1 is 1.53 bits per heavy atom. The second-order valence-electron chi connectivity index (χ2n) is 3.60. The Kier molecular flexibility index (Phi) is 4.74. The highest BCUT2D eigenvalue weighted by Gasteiger charge is 2.20. The number of carbonyl (C=O) groups excluding carboxylic acids is 1. The first-order chi connectivity index (χ1) is 7.99. The molecule has 0 saturated carbocycles. The molecule has 6 heteroatoms. The van der Waals surface area contributed by atoms with Gasteiger partial charge in [0.25, 0.3) is 5.91 Å². The SMILES string of the molecule is CCC(NC(=O)c1cc(Br)cn1CC)C(=O)O. The van der Waals surface area contributed by atoms with Crippen molar-refractivity contribution in [1.82, 2.24) is 9.88 Å². The summed E-state index contributed by atoms with van der Waals surface area (Å²) in [7, 11) is 0. The molecule has 0 aliphatic rings. The zero-order valence-corrected chi connectivity index (χ0v) is 11.3. The van der Waals surface area contributed by atoms with Crippen molar-refractivity contribution in [3.63, 3.8) is 0 Å². The van der Waals surface area contributed by atoms with E-state index in [1.54, 1.807) is 23.8 Å². The van der Waals surface area contributed by atoms with E-state index in [0.29, 0.717) is 18.7 Å². The van der Waals surface area contributed by atoms with Crippen molar-refractivity contribution in [2.75, 3.05) is 0 Å². The molecule has 1 rings (SSSR count). The molecule has 17 heavy (non-hydrogen) atoms. The third kappa shape index (κ3) is 3.33. The first kappa shape index (κ1) is 13.8. The van der Waals surface area contributed by atoms with Crippen LogP contribution in [0.3, 0.4) is 0 Å². The number of nitrogens with zero attached hydrogens (tertiary/aromatic N) is 1. The minimum Gasteiger partial charge on any atom is -0.480 e. The van der Waals surface area contributed by atoms with Gasteiger partial charge in [-0.05, 0) is 35.3 Å². The molecule has 0 aliphatic heterocycles. The lowest BCUT2D eigenvalue weighted by Crippen LogP contribution is -2.40. The van der Waals surface area contributed by atoms with Crippen molar-refractivity contribution in [3.05, 3.63) is 22.4 Å². The number of aryl methyl sites for hydroxylation is 1. The molecule has 1 heterocycles. The lowest BCUT2D eigenvalue weighted by Gasteiger charge is -2.13. The molecule has 1 amide bonds. The van der Waals surface area contributed by atoms with Gasteiger partial charge in [0.15, 0.2) is 0 Å². The molecule has 0 radical (unpaired) electrons. The van der Waals surface area contributed by atoms with Crippen LogP contribution in [0.15, 0.2) is 16.7 Å². The van der Waals surface area contributed by atoms with E-state index in [0.717, 1.165) is 4.47 Å². The Morgan fingerprint density at radius 3 is 2.65 bits per heavy atom. The van der Waals surface area contributed by atoms with Gasteiger partial charge >= 0.3 is 5.97 Å². The van der Waals surface area contributed by atoms with Crippen molar-refractivity contribution in [2.24, 2.45) is 0 Å². The number of hydrogen-bond donors (Lipinski definition) is 2. The summed E-state index contributed by atoms with van der Waals surface area (Å²) in [5.41, 5.74) is 0.457. The zero-order chi connectivity index (χ0) is 13.0. The van der Waals surface area contributed by atoms with Gasteiger partial charge in [0.05, 0.1) is 0 Å². The third-order valence-corrected chi connectivity index (χ3v) is 2.88. The summed E-state index contributed by atoms with van der Waals surface area (Å²) in [6, 6.07) is 0.828. The summed E-state index contributed by atoms with van der Waals surface area (Å²) in [6.45, 7) is 4.28. The molecule has 0 aromatic carbocycles. The Hall–Kier alpha value is -1.30. The number of rotatable bonds is 5. The molecule has 1 aromatic rings. The molecule has 0 bridgehead atoms. The lowest BCUT2D eigenvalue weighted by atomic mass is 10.2. The predicted octanol–water partition coefficient (Wildman–Crippen LogP) is 1.86. The molecule has 0 fully saturated rings. The monoisotopic (exact) mass is 302 g/mol. The van der Waals surface area contributed by atoms with Crippen LogP contribution < -0.4 is 5.32 Å². The summed E-state index contributed by atoms with van der Waals surface area (Å²) in [4.78, 5) is 22.7. The van der Waals surface area contributed by atoms with Crippen LogP contribution in [0, 0.1) is 0 Å². The van der Waals surface area contributed by atoms with Gasteiger partial charge < -0.3 is 15.0 Å². The summed E-state index contributed by atoms with van der Waals surface area (Å²) >= 11 is 3.29. The number of amides is 1. The quantitative estimate of drug-likeness (QED) is 0.872. The number of aliphatic carboxylic acids is 1. The maximum Gasteiger partial charge on any atom is 0.326 e. The Morgan fingerprint density at radius 2 is 2.18 bits per heavy atom. The van der Waals surface area contributed by atoms with Crippen molar-refractivity contribution < 1.29 is 14.7 Å². The van der Waals surface area contributed by atoms with E-state index >= 15 is 0 Å². The number of carboxylic acid groups (broad SMARTS) is 1. The minimum absolute atomic E-state index is 0.356. The van der Waals surface area contributed by atoms with Gasteiger partial charge in [0.2, 0.25) is 0 Å². The summed E-state index contributed by atoms with van der Waals surface area (Å²) in [5.74, 6) is -1.39. The number of aromatic nitrogens is 1. The first-order valence-electron chi connectivity index (χ1n) is 5.38. The van der Waals surface area contributed by atoms with Crippen LogP contribution in [0.25, 0.3) is 0 Å². The van der Waals surface area contributed by atoms with Gasteiger partial charge in [-0.1, -0.05) is 6.92 Å². The molecule has 0 aliphatic carbocycles. The molecule has 0 spiro atoms. The molecule has 1 unspecified atom stereocenters. The summed E-state index contributed by atoms with van der Waals surface area (Å²) in [5, 5.41) is 11.4. The first-order valence-corrected chi connectivity index (χ1v) is 6.18. The second kappa shape index (κ2) is 5.86. The van der Waals surface area contributed by atoms with E-state index in [9.17, 15) is 9.59 Å². The molecule has 1 aromatic heterocycles. The summed E-state index contributed by atoms with van der Waals surface area (Å²) in [6.07, 6.45) is 2.14. The topological polar surface area (TPSA) is 71.3 Å². The minimum atomic E-state index is -1.02. The van der Waals surface area contributed by atoms with Gasteiger partial charge in [-0.3, -0.25) is 4.79 Å². The Labute approximate surface area is 108 Å². The molecule has 5 nitrogen and oxygen atoms in total. The van der Waals surface area contributed by atoms with Gasteiger partial charge in [-0.25, -0.2) is 4.79 Å². The van der Waals surface area contributed by atoms with E-state index in [4.69, 9.17) is 5.11 Å². The van der Waals surface area contributed by atoms with Crippen LogP contribution >= 0.6 is 15.9 Å². The summed E-state index contributed by atoms with van der Waals surface area (Å²) < 4.78 is 2.56. The third-order valence-electron chi connectivity index (χ3n) is 2.45. The van der Waals surface area contributed by atoms with Gasteiger partial charge in [0, 0.05) is 17.2 Å². The number of hydrogen-bond acceptors (Lipinski definition) is 2. The smallest absolute Gasteiger partial charge is 0.326 e. The lowest BCUT2D eigenvalue weighted by molar-refractivity contribution is -0.139. The van der Waals surface area contributed by atoms with Gasteiger partial charge in [0.1, 0.15) is 11.7 Å². The van der Waals surface area contributed by atoms with E-state index < -0.39 is 12.0 Å². The fourth-order valence-electron chi connectivity index (χ4n) is 1.50. The van der Waals surface area contributed by atoms with Crippen molar-refractivity contribution in [3.8, 4) is 0 Å². The molecular formula is C11H15BrN2O3. The van der Waals surface area contributed by atoms with Crippen molar-refractivity contribution in [2.45, 2.75) is 32.9 Å². The average Bonchev–Trinajstić information content (AvgIpc) is 2.66. The van der Waals surface area contributed by atoms with Crippen LogP contribution in [0.4, 0.5) is 0 Å². The average molecular weight is 303 g/mol. The number of carbonyl (C=O) groups is 2. The zero-order valence-electron chi connectivity index (χ0n) is 9.74. The van der Waals surface area contributed by atoms with Gasteiger partial charge in [-0.15, -0.1) is 0 Å². The number of carboxylic acids is 1. The molecule has 1 atom stereocenters.